The zero-order chi connectivity index (χ0) is 12.8. The summed E-state index contributed by atoms with van der Waals surface area (Å²) >= 11 is 0. The molecule has 0 fully saturated rings. The van der Waals surface area contributed by atoms with E-state index in [1.54, 1.807) is 0 Å². The zero-order valence-electron chi connectivity index (χ0n) is 12.2. The summed E-state index contributed by atoms with van der Waals surface area (Å²) < 4.78 is 4.59. The first-order valence-corrected chi connectivity index (χ1v) is 8.19. The minimum Gasteiger partial charge on any atom is -0.786 e. The van der Waals surface area contributed by atoms with Crippen molar-refractivity contribution in [1.82, 2.24) is 0 Å². The van der Waals surface area contributed by atoms with E-state index in [0.29, 0.717) is 6.61 Å². The number of rotatable bonds is 13. The molecule has 1 N–H and O–H groups in total. The predicted octanol–water partition coefficient (Wildman–Crippen LogP) is 0.897. The molecule has 1 atom stereocenters. The van der Waals surface area contributed by atoms with Crippen LogP contribution in [0.2, 0.25) is 0 Å². The van der Waals surface area contributed by atoms with Gasteiger partial charge in [-0.2, -0.15) is 0 Å². The molecular weight excluding hydrogens is 258 g/mol. The summed E-state index contributed by atoms with van der Waals surface area (Å²) in [6, 6.07) is 0. The molecule has 0 amide bonds. The SMILES string of the molecule is CCCCCCCCCCCCCOP([O-])O.[Na+]. The van der Waals surface area contributed by atoms with Crippen LogP contribution in [0.3, 0.4) is 0 Å². The van der Waals surface area contributed by atoms with Crippen molar-refractivity contribution in [3.8, 4) is 0 Å². The van der Waals surface area contributed by atoms with Gasteiger partial charge in [0.05, 0.1) is 15.2 Å². The maximum atomic E-state index is 10.2. The summed E-state index contributed by atoms with van der Waals surface area (Å²) in [6.45, 7) is 2.67. The van der Waals surface area contributed by atoms with Crippen LogP contribution < -0.4 is 34.5 Å². The molecule has 104 valence electrons. The summed E-state index contributed by atoms with van der Waals surface area (Å²) in [5, 5.41) is 0. The van der Waals surface area contributed by atoms with Gasteiger partial charge in [0.15, 0.2) is 0 Å². The van der Waals surface area contributed by atoms with Crippen LogP contribution in [0.1, 0.15) is 77.6 Å². The van der Waals surface area contributed by atoms with Crippen molar-refractivity contribution < 1.29 is 43.9 Å². The molecule has 1 unspecified atom stereocenters. The number of hydrogen-bond acceptors (Lipinski definition) is 3. The fourth-order valence-electron chi connectivity index (χ4n) is 1.91. The van der Waals surface area contributed by atoms with E-state index >= 15 is 0 Å². The van der Waals surface area contributed by atoms with Crippen LogP contribution >= 0.6 is 8.60 Å². The van der Waals surface area contributed by atoms with Gasteiger partial charge in [-0.15, -0.1) is 0 Å². The van der Waals surface area contributed by atoms with Crippen LogP contribution in [0, 0.1) is 0 Å². The van der Waals surface area contributed by atoms with E-state index in [1.807, 2.05) is 0 Å². The van der Waals surface area contributed by atoms with Crippen LogP contribution in [0.4, 0.5) is 0 Å². The van der Waals surface area contributed by atoms with Crippen LogP contribution in [0.25, 0.3) is 0 Å². The molecule has 0 aromatic rings. The van der Waals surface area contributed by atoms with Crippen molar-refractivity contribution in [3.05, 3.63) is 0 Å². The van der Waals surface area contributed by atoms with Crippen molar-refractivity contribution in [1.29, 1.82) is 0 Å². The normalized spacial score (nSPS) is 12.2. The minimum absolute atomic E-state index is 0. The molecule has 0 aliphatic heterocycles. The summed E-state index contributed by atoms with van der Waals surface area (Å²) in [5.74, 6) is 0. The molecule has 0 heterocycles. The van der Waals surface area contributed by atoms with Gasteiger partial charge < -0.3 is 14.3 Å². The molecule has 0 aliphatic rings. The summed E-state index contributed by atoms with van der Waals surface area (Å²) in [4.78, 5) is 18.6. The summed E-state index contributed by atoms with van der Waals surface area (Å²) in [5.41, 5.74) is 0. The molecule has 0 aliphatic carbocycles. The Hall–Kier alpha value is 1.31. The Labute approximate surface area is 136 Å². The van der Waals surface area contributed by atoms with Crippen LogP contribution in [0.5, 0.6) is 0 Å². The monoisotopic (exact) mass is 286 g/mol. The Kier molecular flexibility index (Phi) is 22.0. The van der Waals surface area contributed by atoms with Gasteiger partial charge in [-0.25, -0.2) is 0 Å². The molecule has 0 radical (unpaired) electrons. The van der Waals surface area contributed by atoms with Crippen LogP contribution in [0.15, 0.2) is 0 Å². The zero-order valence-corrected chi connectivity index (χ0v) is 15.1. The van der Waals surface area contributed by atoms with Gasteiger partial charge in [0.1, 0.15) is 0 Å². The topological polar surface area (TPSA) is 52.5 Å². The van der Waals surface area contributed by atoms with Gasteiger partial charge in [0.2, 0.25) is 0 Å². The number of hydrogen-bond donors (Lipinski definition) is 1. The molecule has 5 heteroatoms. The van der Waals surface area contributed by atoms with Gasteiger partial charge in [0, 0.05) is 0 Å². The second-order valence-electron chi connectivity index (χ2n) is 4.61. The summed E-state index contributed by atoms with van der Waals surface area (Å²) in [7, 11) is -2.39. The Bertz CT molecular complexity index is 148. The third kappa shape index (κ3) is 19.6. The van der Waals surface area contributed by atoms with E-state index in [1.165, 1.54) is 57.8 Å². The molecule has 0 saturated heterocycles. The largest absolute Gasteiger partial charge is 1.00 e. The molecule has 0 saturated carbocycles. The molecule has 3 nitrogen and oxygen atoms in total. The molecular formula is C13H28NaO3P. The van der Waals surface area contributed by atoms with E-state index in [2.05, 4.69) is 11.4 Å². The van der Waals surface area contributed by atoms with E-state index in [4.69, 9.17) is 4.89 Å². The maximum Gasteiger partial charge on any atom is 1.00 e. The Balaban J connectivity index is 0. The predicted molar refractivity (Wildman–Crippen MR) is 71.6 cm³/mol. The summed E-state index contributed by atoms with van der Waals surface area (Å²) in [6.07, 6.45) is 14.1. The molecule has 0 bridgehead atoms. The van der Waals surface area contributed by atoms with Crippen molar-refractivity contribution >= 4 is 8.60 Å². The van der Waals surface area contributed by atoms with E-state index < -0.39 is 8.60 Å². The Morgan fingerprint density at radius 3 is 1.61 bits per heavy atom. The molecule has 0 rings (SSSR count). The first-order valence-electron chi connectivity index (χ1n) is 7.06. The Morgan fingerprint density at radius 1 is 0.833 bits per heavy atom. The minimum atomic E-state index is -2.39. The number of unbranched alkanes of at least 4 members (excludes halogenated alkanes) is 10. The molecule has 18 heavy (non-hydrogen) atoms. The van der Waals surface area contributed by atoms with Gasteiger partial charge in [0.25, 0.3) is 0 Å². The van der Waals surface area contributed by atoms with Crippen molar-refractivity contribution in [2.45, 2.75) is 77.6 Å². The van der Waals surface area contributed by atoms with Gasteiger partial charge in [-0.3, -0.25) is 0 Å². The van der Waals surface area contributed by atoms with Gasteiger partial charge >= 0.3 is 29.6 Å². The van der Waals surface area contributed by atoms with E-state index in [-0.39, 0.29) is 29.6 Å². The van der Waals surface area contributed by atoms with Crippen molar-refractivity contribution in [2.75, 3.05) is 6.61 Å². The second-order valence-corrected chi connectivity index (χ2v) is 5.34. The quantitative estimate of drug-likeness (QED) is 0.311. The van der Waals surface area contributed by atoms with Crippen molar-refractivity contribution in [2.24, 2.45) is 0 Å². The first-order chi connectivity index (χ1) is 8.27. The van der Waals surface area contributed by atoms with Crippen LogP contribution in [-0.4, -0.2) is 11.5 Å². The molecule has 0 aromatic heterocycles. The fourth-order valence-corrected chi connectivity index (χ4v) is 2.19. The van der Waals surface area contributed by atoms with E-state index in [9.17, 15) is 4.89 Å². The fraction of sp³-hybridized carbons (Fsp3) is 1.00. The molecule has 0 aromatic carbocycles. The molecule has 0 spiro atoms. The van der Waals surface area contributed by atoms with Gasteiger partial charge in [-0.1, -0.05) is 71.1 Å². The second kappa shape index (κ2) is 18.3. The maximum absolute atomic E-state index is 10.2. The van der Waals surface area contributed by atoms with Crippen LogP contribution in [-0.2, 0) is 4.52 Å². The van der Waals surface area contributed by atoms with Gasteiger partial charge in [-0.05, 0) is 6.42 Å². The standard InChI is InChI=1S/C13H28O3P.Na/c1-2-3-4-5-6-7-8-9-10-11-12-13-16-17(14)15;/h14H,2-13H2,1H3;/q-1;+1. The third-order valence-electron chi connectivity index (χ3n) is 2.95. The average molecular weight is 286 g/mol. The first kappa shape index (κ1) is 21.6. The average Bonchev–Trinajstić information content (AvgIpc) is 2.30. The van der Waals surface area contributed by atoms with Crippen molar-refractivity contribution in [3.63, 3.8) is 0 Å². The third-order valence-corrected chi connectivity index (χ3v) is 3.35. The Morgan fingerprint density at radius 2 is 1.22 bits per heavy atom. The van der Waals surface area contributed by atoms with E-state index in [0.717, 1.165) is 12.8 Å². The smallest absolute Gasteiger partial charge is 0.786 e.